The molecule has 0 aromatic carbocycles. The summed E-state index contributed by atoms with van der Waals surface area (Å²) in [5.74, 6) is 1.12. The zero-order chi connectivity index (χ0) is 11.6. The van der Waals surface area contributed by atoms with E-state index in [1.54, 1.807) is 0 Å². The van der Waals surface area contributed by atoms with Crippen molar-refractivity contribution in [1.29, 1.82) is 0 Å². The monoisotopic (exact) mass is 222 g/mol. The van der Waals surface area contributed by atoms with Crippen LogP contribution in [-0.4, -0.2) is 29.4 Å². The maximum absolute atomic E-state index is 4.34. The van der Waals surface area contributed by atoms with Crippen molar-refractivity contribution in [3.63, 3.8) is 0 Å². The average molecular weight is 222 g/mol. The van der Waals surface area contributed by atoms with Gasteiger partial charge < -0.3 is 10.6 Å². The zero-order valence-corrected chi connectivity index (χ0v) is 10.5. The Kier molecular flexibility index (Phi) is 3.19. The molecule has 1 aromatic heterocycles. The van der Waals surface area contributed by atoms with Crippen LogP contribution in [-0.2, 0) is 7.05 Å². The number of nitrogens with one attached hydrogen (secondary N) is 2. The molecule has 0 radical (unpaired) electrons. The maximum Gasteiger partial charge on any atom is 0.124 e. The molecule has 1 aromatic rings. The Hall–Kier alpha value is -1.03. The molecular weight excluding hydrogens is 200 g/mol. The molecule has 2 rings (SSSR count). The lowest BCUT2D eigenvalue weighted by Gasteiger charge is -2.27. The highest BCUT2D eigenvalue weighted by Crippen LogP contribution is 2.29. The van der Waals surface area contributed by atoms with E-state index in [2.05, 4.69) is 28.7 Å². The van der Waals surface area contributed by atoms with Crippen molar-refractivity contribution in [2.24, 2.45) is 12.5 Å². The van der Waals surface area contributed by atoms with Gasteiger partial charge in [-0.25, -0.2) is 0 Å². The summed E-state index contributed by atoms with van der Waals surface area (Å²) in [4.78, 5) is 0. The van der Waals surface area contributed by atoms with Gasteiger partial charge in [0.05, 0.1) is 5.69 Å². The lowest BCUT2D eigenvalue weighted by atomic mass is 9.84. The Morgan fingerprint density at radius 3 is 2.94 bits per heavy atom. The first kappa shape index (κ1) is 11.5. The number of hydrogen-bond donors (Lipinski definition) is 2. The van der Waals surface area contributed by atoms with Crippen LogP contribution in [0.15, 0.2) is 6.07 Å². The number of rotatable bonds is 4. The minimum Gasteiger partial charge on any atom is -0.370 e. The van der Waals surface area contributed by atoms with Crippen LogP contribution in [0.4, 0.5) is 5.82 Å². The minimum atomic E-state index is 0.429. The molecule has 1 aliphatic heterocycles. The predicted octanol–water partition coefficient (Wildman–Crippen LogP) is 1.53. The summed E-state index contributed by atoms with van der Waals surface area (Å²) in [6.07, 6.45) is 2.50. The molecule has 1 aliphatic rings. The van der Waals surface area contributed by atoms with Crippen LogP contribution in [0.3, 0.4) is 0 Å². The van der Waals surface area contributed by atoms with Crippen LogP contribution in [0.1, 0.15) is 25.5 Å². The number of aromatic nitrogens is 2. The van der Waals surface area contributed by atoms with Gasteiger partial charge in [0, 0.05) is 31.6 Å². The molecule has 90 valence electrons. The van der Waals surface area contributed by atoms with E-state index in [9.17, 15) is 0 Å². The quantitative estimate of drug-likeness (QED) is 0.812. The van der Waals surface area contributed by atoms with Gasteiger partial charge in [-0.05, 0) is 26.3 Å². The number of aryl methyl sites for hydroxylation is 2. The summed E-state index contributed by atoms with van der Waals surface area (Å²) in [6.45, 7) is 7.63. The van der Waals surface area contributed by atoms with Gasteiger partial charge in [-0.15, -0.1) is 0 Å². The fraction of sp³-hybridized carbons (Fsp3) is 0.750. The molecule has 0 saturated carbocycles. The highest BCUT2D eigenvalue weighted by atomic mass is 15.3. The van der Waals surface area contributed by atoms with Gasteiger partial charge in [0.2, 0.25) is 0 Å². The van der Waals surface area contributed by atoms with Crippen LogP contribution in [0.5, 0.6) is 0 Å². The number of anilines is 1. The summed E-state index contributed by atoms with van der Waals surface area (Å²) in [6, 6.07) is 2.10. The third kappa shape index (κ3) is 2.21. The SMILES string of the molecule is CCC1(CNc2cc(C)nn2C)CCNC1. The summed E-state index contributed by atoms with van der Waals surface area (Å²) >= 11 is 0. The van der Waals surface area contributed by atoms with Gasteiger partial charge in [-0.1, -0.05) is 6.92 Å². The zero-order valence-electron chi connectivity index (χ0n) is 10.5. The molecule has 0 aliphatic carbocycles. The van der Waals surface area contributed by atoms with Gasteiger partial charge in [-0.3, -0.25) is 4.68 Å². The predicted molar refractivity (Wildman–Crippen MR) is 66.6 cm³/mol. The Balaban J connectivity index is 1.98. The van der Waals surface area contributed by atoms with E-state index in [0.717, 1.165) is 31.1 Å². The Bertz CT molecular complexity index is 350. The van der Waals surface area contributed by atoms with Crippen LogP contribution < -0.4 is 10.6 Å². The molecule has 1 fully saturated rings. The lowest BCUT2D eigenvalue weighted by Crippen LogP contribution is -2.31. The van der Waals surface area contributed by atoms with E-state index in [1.807, 2.05) is 18.7 Å². The molecule has 4 heteroatoms. The lowest BCUT2D eigenvalue weighted by molar-refractivity contribution is 0.332. The number of nitrogens with zero attached hydrogens (tertiary/aromatic N) is 2. The molecule has 1 saturated heterocycles. The van der Waals surface area contributed by atoms with E-state index >= 15 is 0 Å². The normalized spacial score (nSPS) is 24.9. The fourth-order valence-electron chi connectivity index (χ4n) is 2.43. The fourth-order valence-corrected chi connectivity index (χ4v) is 2.43. The van der Waals surface area contributed by atoms with Crippen LogP contribution in [0, 0.1) is 12.3 Å². The Labute approximate surface area is 97.4 Å². The average Bonchev–Trinajstić information content (AvgIpc) is 2.84. The van der Waals surface area contributed by atoms with Crippen molar-refractivity contribution in [3.8, 4) is 0 Å². The molecule has 16 heavy (non-hydrogen) atoms. The molecular formula is C12H22N4. The first-order chi connectivity index (χ1) is 7.65. The van der Waals surface area contributed by atoms with Gasteiger partial charge in [-0.2, -0.15) is 5.10 Å². The van der Waals surface area contributed by atoms with Crippen molar-refractivity contribution < 1.29 is 0 Å². The van der Waals surface area contributed by atoms with Crippen molar-refractivity contribution >= 4 is 5.82 Å². The summed E-state index contributed by atoms with van der Waals surface area (Å²) in [5, 5.41) is 11.3. The molecule has 2 heterocycles. The van der Waals surface area contributed by atoms with E-state index in [-0.39, 0.29) is 0 Å². The highest BCUT2D eigenvalue weighted by Gasteiger charge is 2.31. The summed E-state index contributed by atoms with van der Waals surface area (Å²) in [5.41, 5.74) is 1.50. The molecule has 0 amide bonds. The van der Waals surface area contributed by atoms with Gasteiger partial charge >= 0.3 is 0 Å². The molecule has 1 atom stereocenters. The smallest absolute Gasteiger partial charge is 0.124 e. The first-order valence-corrected chi connectivity index (χ1v) is 6.10. The van der Waals surface area contributed by atoms with Crippen LogP contribution >= 0.6 is 0 Å². The second kappa shape index (κ2) is 4.45. The second-order valence-corrected chi connectivity index (χ2v) is 4.93. The summed E-state index contributed by atoms with van der Waals surface area (Å²) in [7, 11) is 1.99. The van der Waals surface area contributed by atoms with E-state index in [0.29, 0.717) is 5.41 Å². The molecule has 1 unspecified atom stereocenters. The van der Waals surface area contributed by atoms with Crippen molar-refractivity contribution in [2.45, 2.75) is 26.7 Å². The second-order valence-electron chi connectivity index (χ2n) is 4.93. The van der Waals surface area contributed by atoms with E-state index in [4.69, 9.17) is 0 Å². The maximum atomic E-state index is 4.34. The minimum absolute atomic E-state index is 0.429. The Morgan fingerprint density at radius 1 is 1.62 bits per heavy atom. The van der Waals surface area contributed by atoms with Gasteiger partial charge in [0.15, 0.2) is 0 Å². The van der Waals surface area contributed by atoms with Crippen LogP contribution in [0.25, 0.3) is 0 Å². The molecule has 2 N–H and O–H groups in total. The standard InChI is InChI=1S/C12H22N4/c1-4-12(5-6-13-8-12)9-14-11-7-10(2)15-16(11)3/h7,13-14H,4-6,8-9H2,1-3H3. The third-order valence-electron chi connectivity index (χ3n) is 3.73. The number of hydrogen-bond acceptors (Lipinski definition) is 3. The van der Waals surface area contributed by atoms with Gasteiger partial charge in [0.1, 0.15) is 5.82 Å². The Morgan fingerprint density at radius 2 is 2.44 bits per heavy atom. The summed E-state index contributed by atoms with van der Waals surface area (Å²) < 4.78 is 1.92. The first-order valence-electron chi connectivity index (χ1n) is 6.10. The van der Waals surface area contributed by atoms with Crippen LogP contribution in [0.2, 0.25) is 0 Å². The van der Waals surface area contributed by atoms with Crippen molar-refractivity contribution in [2.75, 3.05) is 25.0 Å². The van der Waals surface area contributed by atoms with E-state index in [1.165, 1.54) is 12.8 Å². The highest BCUT2D eigenvalue weighted by molar-refractivity contribution is 5.37. The topological polar surface area (TPSA) is 41.9 Å². The molecule has 0 bridgehead atoms. The van der Waals surface area contributed by atoms with Crippen molar-refractivity contribution in [3.05, 3.63) is 11.8 Å². The molecule has 0 spiro atoms. The third-order valence-corrected chi connectivity index (χ3v) is 3.73. The molecule has 4 nitrogen and oxygen atoms in total. The van der Waals surface area contributed by atoms with Crippen molar-refractivity contribution in [1.82, 2.24) is 15.1 Å². The van der Waals surface area contributed by atoms with E-state index < -0.39 is 0 Å². The largest absolute Gasteiger partial charge is 0.370 e. The van der Waals surface area contributed by atoms with Gasteiger partial charge in [0.25, 0.3) is 0 Å².